The van der Waals surface area contributed by atoms with Crippen molar-refractivity contribution in [2.45, 2.75) is 70.9 Å². The number of rotatable bonds is 5. The van der Waals surface area contributed by atoms with E-state index in [9.17, 15) is 0 Å². The van der Waals surface area contributed by atoms with E-state index in [1.807, 2.05) is 13.8 Å². The highest BCUT2D eigenvalue weighted by molar-refractivity contribution is 6.99. The minimum Gasteiger partial charge on any atom is -0.405 e. The Hall–Kier alpha value is -1.50. The van der Waals surface area contributed by atoms with Crippen molar-refractivity contribution < 1.29 is 18.6 Å². The lowest BCUT2D eigenvalue weighted by Crippen LogP contribution is -2.67. The summed E-state index contributed by atoms with van der Waals surface area (Å²) in [6.07, 6.45) is -0.423. The van der Waals surface area contributed by atoms with Crippen LogP contribution in [0, 0.1) is 5.92 Å². The molecule has 162 valence electrons. The number of ether oxygens (including phenoxy) is 3. The van der Waals surface area contributed by atoms with Crippen LogP contribution in [0.3, 0.4) is 0 Å². The molecule has 0 aromatic heterocycles. The molecule has 0 aliphatic carbocycles. The largest absolute Gasteiger partial charge is 0.405 e. The quantitative estimate of drug-likeness (QED) is 0.675. The standard InChI is InChI=1S/C25H34O4Si/c1-18-21(27-23-22(18)28-25(5,6)29-23)17-26-30(24(2,3)4,19-13-9-7-10-14-19)20-15-11-8-12-16-20/h7-16,18,21-23H,17H2,1-6H3. The Morgan fingerprint density at radius 2 is 1.43 bits per heavy atom. The molecule has 2 fully saturated rings. The Balaban J connectivity index is 1.65. The molecule has 4 nitrogen and oxygen atoms in total. The van der Waals surface area contributed by atoms with Gasteiger partial charge in [0.2, 0.25) is 0 Å². The molecule has 2 saturated heterocycles. The first-order valence-corrected chi connectivity index (χ1v) is 12.8. The minimum absolute atomic E-state index is 0.0484. The number of hydrogen-bond donors (Lipinski definition) is 0. The average Bonchev–Trinajstić information content (AvgIpc) is 3.15. The van der Waals surface area contributed by atoms with Gasteiger partial charge in [-0.25, -0.2) is 0 Å². The molecule has 2 aliphatic heterocycles. The normalized spacial score (nSPS) is 28.5. The molecule has 0 N–H and O–H groups in total. The van der Waals surface area contributed by atoms with Crippen LogP contribution in [0.2, 0.25) is 5.04 Å². The summed E-state index contributed by atoms with van der Waals surface area (Å²) in [6.45, 7) is 13.5. The lowest BCUT2D eigenvalue weighted by molar-refractivity contribution is -0.212. The van der Waals surface area contributed by atoms with Gasteiger partial charge in [0.25, 0.3) is 8.32 Å². The van der Waals surface area contributed by atoms with E-state index in [0.29, 0.717) is 6.61 Å². The molecule has 4 unspecified atom stereocenters. The van der Waals surface area contributed by atoms with Gasteiger partial charge in [-0.2, -0.15) is 0 Å². The Kier molecular flexibility index (Phi) is 5.70. The van der Waals surface area contributed by atoms with Crippen molar-refractivity contribution in [2.24, 2.45) is 5.92 Å². The highest BCUT2D eigenvalue weighted by atomic mass is 28.4. The summed E-state index contributed by atoms with van der Waals surface area (Å²) in [6, 6.07) is 21.4. The molecular formula is C25H34O4Si. The molecule has 2 heterocycles. The lowest BCUT2D eigenvalue weighted by atomic mass is 10.0. The van der Waals surface area contributed by atoms with E-state index >= 15 is 0 Å². The van der Waals surface area contributed by atoms with Crippen LogP contribution in [0.1, 0.15) is 41.5 Å². The third kappa shape index (κ3) is 3.78. The summed E-state index contributed by atoms with van der Waals surface area (Å²) >= 11 is 0. The molecule has 0 saturated carbocycles. The maximum absolute atomic E-state index is 7.04. The van der Waals surface area contributed by atoms with E-state index in [1.54, 1.807) is 0 Å². The van der Waals surface area contributed by atoms with Gasteiger partial charge in [0.05, 0.1) is 12.7 Å². The van der Waals surface area contributed by atoms with Gasteiger partial charge in [-0.1, -0.05) is 88.4 Å². The van der Waals surface area contributed by atoms with Crippen molar-refractivity contribution >= 4 is 18.7 Å². The van der Waals surface area contributed by atoms with Gasteiger partial charge in [-0.15, -0.1) is 0 Å². The summed E-state index contributed by atoms with van der Waals surface area (Å²) in [5.74, 6) is -0.386. The Morgan fingerprint density at radius 3 is 1.90 bits per heavy atom. The van der Waals surface area contributed by atoms with Gasteiger partial charge >= 0.3 is 0 Å². The molecule has 4 atom stereocenters. The molecule has 0 spiro atoms. The van der Waals surface area contributed by atoms with Gasteiger partial charge in [0.1, 0.15) is 6.10 Å². The van der Waals surface area contributed by atoms with Crippen LogP contribution in [-0.2, 0) is 18.6 Å². The molecule has 30 heavy (non-hydrogen) atoms. The molecular weight excluding hydrogens is 392 g/mol. The van der Waals surface area contributed by atoms with E-state index in [2.05, 4.69) is 88.4 Å². The first kappa shape index (κ1) is 21.7. The van der Waals surface area contributed by atoms with Gasteiger partial charge in [0, 0.05) is 5.92 Å². The fraction of sp³-hybridized carbons (Fsp3) is 0.520. The highest BCUT2D eigenvalue weighted by Crippen LogP contribution is 2.42. The van der Waals surface area contributed by atoms with Crippen LogP contribution in [0.4, 0.5) is 0 Å². The van der Waals surface area contributed by atoms with Crippen molar-refractivity contribution in [3.63, 3.8) is 0 Å². The minimum atomic E-state index is -2.57. The van der Waals surface area contributed by atoms with Crippen LogP contribution in [-0.4, -0.2) is 39.2 Å². The van der Waals surface area contributed by atoms with Crippen molar-refractivity contribution in [1.29, 1.82) is 0 Å². The second kappa shape index (κ2) is 7.88. The number of hydrogen-bond acceptors (Lipinski definition) is 4. The highest BCUT2D eigenvalue weighted by Gasteiger charge is 2.55. The molecule has 2 aromatic carbocycles. The first-order chi connectivity index (χ1) is 14.1. The molecule has 0 bridgehead atoms. The van der Waals surface area contributed by atoms with Crippen molar-refractivity contribution in [1.82, 2.24) is 0 Å². The van der Waals surface area contributed by atoms with E-state index in [0.717, 1.165) is 0 Å². The van der Waals surface area contributed by atoms with E-state index in [4.69, 9.17) is 18.6 Å². The van der Waals surface area contributed by atoms with E-state index in [-0.39, 0.29) is 29.5 Å². The van der Waals surface area contributed by atoms with Gasteiger partial charge in [-0.05, 0) is 29.3 Å². The summed E-state index contributed by atoms with van der Waals surface area (Å²) in [4.78, 5) is 0. The topological polar surface area (TPSA) is 36.9 Å². The zero-order valence-corrected chi connectivity index (χ0v) is 19.9. The molecule has 0 amide bonds. The van der Waals surface area contributed by atoms with Crippen LogP contribution in [0.15, 0.2) is 60.7 Å². The van der Waals surface area contributed by atoms with E-state index in [1.165, 1.54) is 10.4 Å². The molecule has 4 rings (SSSR count). The third-order valence-corrected chi connectivity index (χ3v) is 11.4. The second-order valence-electron chi connectivity index (χ2n) is 9.98. The molecule has 2 aliphatic rings. The van der Waals surface area contributed by atoms with Gasteiger partial charge in [-0.3, -0.25) is 0 Å². The van der Waals surface area contributed by atoms with Crippen LogP contribution in [0.5, 0.6) is 0 Å². The SMILES string of the molecule is CC1C(CO[Si](c2ccccc2)(c2ccccc2)C(C)(C)C)OC2OC(C)(C)OC21. The van der Waals surface area contributed by atoms with Gasteiger partial charge in [0.15, 0.2) is 12.1 Å². The van der Waals surface area contributed by atoms with Crippen molar-refractivity contribution in [3.05, 3.63) is 60.7 Å². The molecule has 5 heteroatoms. The lowest BCUT2D eigenvalue weighted by Gasteiger charge is -2.43. The van der Waals surface area contributed by atoms with E-state index < -0.39 is 14.1 Å². The smallest absolute Gasteiger partial charge is 0.261 e. The predicted octanol–water partition coefficient (Wildman–Crippen LogP) is 4.08. The zero-order chi connectivity index (χ0) is 21.6. The predicted molar refractivity (Wildman–Crippen MR) is 121 cm³/mol. The average molecular weight is 427 g/mol. The fourth-order valence-electron chi connectivity index (χ4n) is 4.89. The summed E-state index contributed by atoms with van der Waals surface area (Å²) in [5, 5.41) is 2.51. The van der Waals surface area contributed by atoms with Crippen LogP contribution >= 0.6 is 0 Å². The monoisotopic (exact) mass is 426 g/mol. The zero-order valence-electron chi connectivity index (χ0n) is 18.9. The fourth-order valence-corrected chi connectivity index (χ4v) is 9.46. The molecule has 2 aromatic rings. The maximum Gasteiger partial charge on any atom is 0.261 e. The Morgan fingerprint density at radius 1 is 0.900 bits per heavy atom. The van der Waals surface area contributed by atoms with Crippen LogP contribution in [0.25, 0.3) is 0 Å². The number of benzene rings is 2. The third-order valence-electron chi connectivity index (χ3n) is 6.38. The van der Waals surface area contributed by atoms with Crippen molar-refractivity contribution in [3.8, 4) is 0 Å². The van der Waals surface area contributed by atoms with Crippen molar-refractivity contribution in [2.75, 3.05) is 6.61 Å². The Labute approximate surface area is 181 Å². The molecule has 0 radical (unpaired) electrons. The summed E-state index contributed by atoms with van der Waals surface area (Å²) in [7, 11) is -2.57. The first-order valence-electron chi connectivity index (χ1n) is 10.9. The van der Waals surface area contributed by atoms with Gasteiger partial charge < -0.3 is 18.6 Å². The van der Waals surface area contributed by atoms with Crippen LogP contribution < -0.4 is 10.4 Å². The maximum atomic E-state index is 7.04. The summed E-state index contributed by atoms with van der Waals surface area (Å²) in [5.41, 5.74) is 0. The summed E-state index contributed by atoms with van der Waals surface area (Å²) < 4.78 is 25.3. The second-order valence-corrected chi connectivity index (χ2v) is 14.3. The Bertz CT molecular complexity index is 807. The number of fused-ring (bicyclic) bond motifs is 1.